The minimum absolute atomic E-state index is 0.0229. The van der Waals surface area contributed by atoms with E-state index in [1.54, 1.807) is 18.2 Å². The zero-order valence-electron chi connectivity index (χ0n) is 19.3. The molecule has 2 aromatic rings. The molecule has 0 heterocycles. The lowest BCUT2D eigenvalue weighted by Crippen LogP contribution is -2.20. The molecule has 2 saturated carbocycles. The molecular formula is C28H35F3O. The van der Waals surface area contributed by atoms with Gasteiger partial charge in [-0.05, 0) is 97.4 Å². The van der Waals surface area contributed by atoms with Gasteiger partial charge in [-0.25, -0.2) is 8.78 Å². The predicted octanol–water partition coefficient (Wildman–Crippen LogP) is 8.31. The maximum atomic E-state index is 14.7. The van der Waals surface area contributed by atoms with Gasteiger partial charge in [0, 0.05) is 0 Å². The van der Waals surface area contributed by atoms with Crippen molar-refractivity contribution in [2.45, 2.75) is 83.5 Å². The number of hydrogen-bond donors (Lipinski definition) is 0. The van der Waals surface area contributed by atoms with E-state index in [0.29, 0.717) is 36.3 Å². The number of aryl methyl sites for hydroxylation is 1. The van der Waals surface area contributed by atoms with Crippen molar-refractivity contribution in [3.8, 4) is 5.75 Å². The van der Waals surface area contributed by atoms with Crippen LogP contribution in [0.5, 0.6) is 5.75 Å². The van der Waals surface area contributed by atoms with Gasteiger partial charge in [0.2, 0.25) is 5.82 Å². The minimum atomic E-state index is -0.846. The Morgan fingerprint density at radius 3 is 2.16 bits per heavy atom. The average molecular weight is 445 g/mol. The molecule has 4 heteroatoms. The van der Waals surface area contributed by atoms with E-state index in [2.05, 4.69) is 13.0 Å². The van der Waals surface area contributed by atoms with E-state index in [1.807, 2.05) is 13.0 Å². The zero-order valence-corrected chi connectivity index (χ0v) is 19.3. The SMILES string of the molecule is CCc1ccc(C2CCC(COc3ccc(C4CCC(C)CC4)c(F)c3F)CC2)cc1F. The van der Waals surface area contributed by atoms with Gasteiger partial charge in [-0.2, -0.15) is 4.39 Å². The second-order valence-corrected chi connectivity index (χ2v) is 9.97. The van der Waals surface area contributed by atoms with Crippen LogP contribution in [0.3, 0.4) is 0 Å². The van der Waals surface area contributed by atoms with E-state index in [0.717, 1.165) is 62.5 Å². The Hall–Kier alpha value is -1.97. The van der Waals surface area contributed by atoms with Crippen LogP contribution in [-0.2, 0) is 6.42 Å². The molecule has 2 aromatic carbocycles. The van der Waals surface area contributed by atoms with Crippen molar-refractivity contribution >= 4 is 0 Å². The molecule has 0 unspecified atom stereocenters. The maximum absolute atomic E-state index is 14.7. The Kier molecular flexibility index (Phi) is 7.48. The van der Waals surface area contributed by atoms with E-state index >= 15 is 0 Å². The number of benzene rings is 2. The van der Waals surface area contributed by atoms with Crippen molar-refractivity contribution in [1.29, 1.82) is 0 Å². The van der Waals surface area contributed by atoms with Gasteiger partial charge in [-0.3, -0.25) is 0 Å². The van der Waals surface area contributed by atoms with Crippen LogP contribution < -0.4 is 4.74 Å². The van der Waals surface area contributed by atoms with Crippen molar-refractivity contribution in [1.82, 2.24) is 0 Å². The molecule has 0 amide bonds. The number of halogens is 3. The summed E-state index contributed by atoms with van der Waals surface area (Å²) >= 11 is 0. The Balaban J connectivity index is 1.31. The summed E-state index contributed by atoms with van der Waals surface area (Å²) in [6.45, 7) is 4.58. The minimum Gasteiger partial charge on any atom is -0.490 e. The van der Waals surface area contributed by atoms with Gasteiger partial charge in [0.15, 0.2) is 11.6 Å². The summed E-state index contributed by atoms with van der Waals surface area (Å²) in [4.78, 5) is 0. The molecule has 2 aliphatic carbocycles. The van der Waals surface area contributed by atoms with Gasteiger partial charge in [-0.15, -0.1) is 0 Å². The highest BCUT2D eigenvalue weighted by Crippen LogP contribution is 2.39. The third-order valence-electron chi connectivity index (χ3n) is 7.78. The van der Waals surface area contributed by atoms with Gasteiger partial charge in [0.25, 0.3) is 0 Å². The van der Waals surface area contributed by atoms with Crippen molar-refractivity contribution in [2.24, 2.45) is 11.8 Å². The highest BCUT2D eigenvalue weighted by Gasteiger charge is 2.27. The first-order valence-corrected chi connectivity index (χ1v) is 12.3. The molecule has 0 saturated heterocycles. The molecule has 0 aliphatic heterocycles. The Morgan fingerprint density at radius 1 is 0.812 bits per heavy atom. The van der Waals surface area contributed by atoms with Gasteiger partial charge < -0.3 is 4.74 Å². The Bertz CT molecular complexity index is 909. The van der Waals surface area contributed by atoms with Crippen molar-refractivity contribution in [3.05, 3.63) is 64.5 Å². The molecule has 2 aliphatic rings. The average Bonchev–Trinajstić information content (AvgIpc) is 2.81. The molecule has 0 bridgehead atoms. The normalized spacial score (nSPS) is 26.2. The summed E-state index contributed by atoms with van der Waals surface area (Å²) in [6, 6.07) is 8.97. The van der Waals surface area contributed by atoms with Gasteiger partial charge in [-0.1, -0.05) is 44.9 Å². The Morgan fingerprint density at radius 2 is 1.50 bits per heavy atom. The highest BCUT2D eigenvalue weighted by molar-refractivity contribution is 5.33. The lowest BCUT2D eigenvalue weighted by atomic mass is 9.79. The summed E-state index contributed by atoms with van der Waals surface area (Å²) in [5, 5.41) is 0. The molecule has 0 spiro atoms. The fraction of sp³-hybridized carbons (Fsp3) is 0.571. The molecule has 0 radical (unpaired) electrons. The van der Waals surface area contributed by atoms with Crippen LogP contribution in [0.15, 0.2) is 30.3 Å². The third-order valence-corrected chi connectivity index (χ3v) is 7.78. The van der Waals surface area contributed by atoms with Crippen LogP contribution in [0.25, 0.3) is 0 Å². The molecule has 0 N–H and O–H groups in total. The van der Waals surface area contributed by atoms with E-state index in [1.165, 1.54) is 0 Å². The summed E-state index contributed by atoms with van der Waals surface area (Å²) < 4.78 is 49.3. The van der Waals surface area contributed by atoms with Crippen LogP contribution in [0.4, 0.5) is 13.2 Å². The Labute approximate surface area is 190 Å². The topological polar surface area (TPSA) is 9.23 Å². The molecule has 174 valence electrons. The lowest BCUT2D eigenvalue weighted by molar-refractivity contribution is 0.192. The first-order chi connectivity index (χ1) is 15.5. The summed E-state index contributed by atoms with van der Waals surface area (Å²) in [5.74, 6) is -0.210. The lowest BCUT2D eigenvalue weighted by Gasteiger charge is -2.29. The fourth-order valence-corrected chi connectivity index (χ4v) is 5.52. The first kappa shape index (κ1) is 23.2. The smallest absolute Gasteiger partial charge is 0.200 e. The van der Waals surface area contributed by atoms with Crippen molar-refractivity contribution in [3.63, 3.8) is 0 Å². The molecule has 0 aromatic heterocycles. The van der Waals surface area contributed by atoms with E-state index < -0.39 is 11.6 Å². The number of hydrogen-bond acceptors (Lipinski definition) is 1. The molecule has 1 nitrogen and oxygen atoms in total. The van der Waals surface area contributed by atoms with Crippen molar-refractivity contribution < 1.29 is 17.9 Å². The van der Waals surface area contributed by atoms with E-state index in [-0.39, 0.29) is 17.5 Å². The van der Waals surface area contributed by atoms with Gasteiger partial charge in [0.05, 0.1) is 6.61 Å². The van der Waals surface area contributed by atoms with Crippen LogP contribution >= 0.6 is 0 Å². The predicted molar refractivity (Wildman–Crippen MR) is 123 cm³/mol. The summed E-state index contributed by atoms with van der Waals surface area (Å²) in [6.07, 6.45) is 8.52. The standard InChI is InChI=1S/C28H35F3O/c1-3-20-12-13-23(16-25(20)29)21-10-6-19(7-11-21)17-32-26-15-14-24(27(30)28(26)31)22-8-4-18(2)5-9-22/h12-16,18-19,21-22H,3-11,17H2,1-2H3. The molecular weight excluding hydrogens is 409 g/mol. The van der Waals surface area contributed by atoms with Crippen LogP contribution in [0.1, 0.15) is 93.7 Å². The maximum Gasteiger partial charge on any atom is 0.200 e. The van der Waals surface area contributed by atoms with Gasteiger partial charge >= 0.3 is 0 Å². The third kappa shape index (κ3) is 5.15. The largest absolute Gasteiger partial charge is 0.490 e. The molecule has 2 fully saturated rings. The van der Waals surface area contributed by atoms with Crippen LogP contribution in [-0.4, -0.2) is 6.61 Å². The summed E-state index contributed by atoms with van der Waals surface area (Å²) in [7, 11) is 0. The van der Waals surface area contributed by atoms with Crippen molar-refractivity contribution in [2.75, 3.05) is 6.61 Å². The molecule has 32 heavy (non-hydrogen) atoms. The van der Waals surface area contributed by atoms with Crippen LogP contribution in [0.2, 0.25) is 0 Å². The number of rotatable bonds is 6. The van der Waals surface area contributed by atoms with E-state index in [4.69, 9.17) is 4.74 Å². The van der Waals surface area contributed by atoms with E-state index in [9.17, 15) is 13.2 Å². The second-order valence-electron chi connectivity index (χ2n) is 9.97. The first-order valence-electron chi connectivity index (χ1n) is 12.3. The highest BCUT2D eigenvalue weighted by atomic mass is 19.2. The number of ether oxygens (including phenoxy) is 1. The van der Waals surface area contributed by atoms with Crippen LogP contribution in [0, 0.1) is 29.3 Å². The fourth-order valence-electron chi connectivity index (χ4n) is 5.52. The monoisotopic (exact) mass is 444 g/mol. The van der Waals surface area contributed by atoms with Gasteiger partial charge in [0.1, 0.15) is 5.82 Å². The second kappa shape index (κ2) is 10.3. The molecule has 0 atom stereocenters. The quantitative estimate of drug-likeness (QED) is 0.435. The summed E-state index contributed by atoms with van der Waals surface area (Å²) in [5.41, 5.74) is 2.33. The molecule has 4 rings (SSSR count). The zero-order chi connectivity index (χ0) is 22.7.